The molecule has 0 spiro atoms. The smallest absolute Gasteiger partial charge is 0.355 e. The summed E-state index contributed by atoms with van der Waals surface area (Å²) >= 11 is 0. The van der Waals surface area contributed by atoms with Crippen molar-refractivity contribution in [2.24, 2.45) is 0 Å². The van der Waals surface area contributed by atoms with Gasteiger partial charge in [-0.3, -0.25) is 4.79 Å². The molecule has 0 saturated heterocycles. The van der Waals surface area contributed by atoms with Crippen molar-refractivity contribution in [2.75, 3.05) is 32.6 Å². The lowest BCUT2D eigenvalue weighted by Crippen LogP contribution is -2.23. The average Bonchev–Trinajstić information content (AvgIpc) is 3.00. The molecular weight excluding hydrogens is 426 g/mol. The van der Waals surface area contributed by atoms with Crippen LogP contribution in [0.3, 0.4) is 0 Å². The summed E-state index contributed by atoms with van der Waals surface area (Å²) in [5.41, 5.74) is 1.31. The highest BCUT2D eigenvalue weighted by molar-refractivity contribution is 7.89. The van der Waals surface area contributed by atoms with E-state index in [1.165, 1.54) is 38.4 Å². The monoisotopic (exact) mass is 451 g/mol. The maximum atomic E-state index is 12.4. The van der Waals surface area contributed by atoms with Gasteiger partial charge >= 0.3 is 11.9 Å². The van der Waals surface area contributed by atoms with E-state index in [4.69, 9.17) is 9.47 Å². The third-order valence-electron chi connectivity index (χ3n) is 4.35. The van der Waals surface area contributed by atoms with E-state index in [2.05, 4.69) is 10.3 Å². The second-order valence-electron chi connectivity index (χ2n) is 6.79. The second-order valence-corrected chi connectivity index (χ2v) is 8.94. The van der Waals surface area contributed by atoms with Crippen molar-refractivity contribution in [1.29, 1.82) is 0 Å². The Labute approximate surface area is 180 Å². The molecule has 0 atom stereocenters. The maximum Gasteiger partial charge on any atom is 0.355 e. The molecule has 168 valence electrons. The molecule has 1 aromatic carbocycles. The standard InChI is InChI=1S/C20H25N3O7S/c1-6-29-20(26)18-12(2)17(13(3)21-18)19(25)30-11-16(24)22-14-8-7-9-15(10-14)31(27,28)23(4)5/h7-10,21H,6,11H2,1-5H3,(H,22,24). The van der Waals surface area contributed by atoms with Crippen molar-refractivity contribution in [3.8, 4) is 0 Å². The number of amides is 1. The van der Waals surface area contributed by atoms with Gasteiger partial charge in [-0.05, 0) is 44.5 Å². The zero-order valence-corrected chi connectivity index (χ0v) is 18.8. The molecule has 2 N–H and O–H groups in total. The molecule has 0 bridgehead atoms. The van der Waals surface area contributed by atoms with Gasteiger partial charge in [0.2, 0.25) is 10.0 Å². The number of benzene rings is 1. The molecule has 0 aliphatic rings. The van der Waals surface area contributed by atoms with Crippen LogP contribution in [0, 0.1) is 13.8 Å². The van der Waals surface area contributed by atoms with Crippen LogP contribution in [-0.4, -0.2) is 62.9 Å². The summed E-state index contributed by atoms with van der Waals surface area (Å²) in [6.45, 7) is 4.43. The predicted molar refractivity (Wildman–Crippen MR) is 112 cm³/mol. The minimum absolute atomic E-state index is 0.0114. The topological polar surface area (TPSA) is 135 Å². The first-order chi connectivity index (χ1) is 14.5. The predicted octanol–water partition coefficient (Wildman–Crippen LogP) is 1.85. The zero-order chi connectivity index (χ0) is 23.3. The number of hydrogen-bond acceptors (Lipinski definition) is 7. The normalized spacial score (nSPS) is 11.3. The minimum atomic E-state index is -3.66. The van der Waals surface area contributed by atoms with E-state index in [1.54, 1.807) is 20.8 Å². The SMILES string of the molecule is CCOC(=O)c1[nH]c(C)c(C(=O)OCC(=O)Nc2cccc(S(=O)(=O)N(C)C)c2)c1C. The van der Waals surface area contributed by atoms with Crippen LogP contribution in [0.15, 0.2) is 29.2 Å². The molecule has 10 nitrogen and oxygen atoms in total. The van der Waals surface area contributed by atoms with Gasteiger partial charge in [0.05, 0.1) is 17.1 Å². The number of aryl methyl sites for hydroxylation is 1. The molecule has 0 aliphatic heterocycles. The van der Waals surface area contributed by atoms with Crippen molar-refractivity contribution >= 4 is 33.6 Å². The average molecular weight is 452 g/mol. The highest BCUT2D eigenvalue weighted by Crippen LogP contribution is 2.20. The summed E-state index contributed by atoms with van der Waals surface area (Å²) < 4.78 is 35.5. The highest BCUT2D eigenvalue weighted by Gasteiger charge is 2.24. The lowest BCUT2D eigenvalue weighted by molar-refractivity contribution is -0.119. The fourth-order valence-electron chi connectivity index (χ4n) is 2.81. The summed E-state index contributed by atoms with van der Waals surface area (Å²) in [5, 5.41) is 2.49. The number of anilines is 1. The van der Waals surface area contributed by atoms with Gasteiger partial charge in [-0.15, -0.1) is 0 Å². The van der Waals surface area contributed by atoms with Gasteiger partial charge in [-0.25, -0.2) is 22.3 Å². The van der Waals surface area contributed by atoms with Crippen LogP contribution < -0.4 is 5.32 Å². The molecule has 1 aromatic heterocycles. The van der Waals surface area contributed by atoms with Crippen LogP contribution in [0.1, 0.15) is 39.0 Å². The Morgan fingerprint density at radius 3 is 2.39 bits per heavy atom. The molecule has 1 amide bonds. The quantitative estimate of drug-likeness (QED) is 0.585. The molecule has 11 heteroatoms. The number of hydrogen-bond donors (Lipinski definition) is 2. The van der Waals surface area contributed by atoms with Gasteiger partial charge in [0.15, 0.2) is 6.61 Å². The number of carbonyl (C=O) groups is 3. The van der Waals surface area contributed by atoms with Crippen molar-refractivity contribution in [3.05, 3.63) is 46.8 Å². The maximum absolute atomic E-state index is 12.4. The summed E-state index contributed by atoms with van der Waals surface area (Å²) in [5.74, 6) is -2.02. The fraction of sp³-hybridized carbons (Fsp3) is 0.350. The lowest BCUT2D eigenvalue weighted by Gasteiger charge is -2.12. The zero-order valence-electron chi connectivity index (χ0n) is 17.9. The van der Waals surface area contributed by atoms with E-state index >= 15 is 0 Å². The summed E-state index contributed by atoms with van der Waals surface area (Å²) in [6.07, 6.45) is 0. The van der Waals surface area contributed by atoms with E-state index in [0.29, 0.717) is 11.3 Å². The van der Waals surface area contributed by atoms with Crippen molar-refractivity contribution in [1.82, 2.24) is 9.29 Å². The summed E-state index contributed by atoms with van der Waals surface area (Å²) in [6, 6.07) is 5.71. The number of sulfonamides is 1. The Balaban J connectivity index is 2.06. The van der Waals surface area contributed by atoms with Gasteiger partial charge in [0.25, 0.3) is 5.91 Å². The van der Waals surface area contributed by atoms with E-state index < -0.39 is 34.5 Å². The molecular formula is C20H25N3O7S. The fourth-order valence-corrected chi connectivity index (χ4v) is 3.76. The van der Waals surface area contributed by atoms with Crippen LogP contribution in [0.4, 0.5) is 5.69 Å². The lowest BCUT2D eigenvalue weighted by atomic mass is 10.1. The van der Waals surface area contributed by atoms with E-state index in [0.717, 1.165) is 4.31 Å². The number of nitrogens with zero attached hydrogens (tertiary/aromatic N) is 1. The van der Waals surface area contributed by atoms with Crippen LogP contribution in [0.5, 0.6) is 0 Å². The van der Waals surface area contributed by atoms with Gasteiger partial charge in [0, 0.05) is 25.5 Å². The van der Waals surface area contributed by atoms with Crippen molar-refractivity contribution in [2.45, 2.75) is 25.7 Å². The number of ether oxygens (including phenoxy) is 2. The largest absolute Gasteiger partial charge is 0.461 e. The third kappa shape index (κ3) is 5.50. The van der Waals surface area contributed by atoms with Gasteiger partial charge < -0.3 is 19.8 Å². The number of nitrogens with one attached hydrogen (secondary N) is 2. The van der Waals surface area contributed by atoms with Crippen molar-refractivity contribution < 1.29 is 32.3 Å². The molecule has 2 aromatic rings. The second kappa shape index (κ2) is 9.75. The molecule has 31 heavy (non-hydrogen) atoms. The molecule has 0 aliphatic carbocycles. The molecule has 0 unspecified atom stereocenters. The molecule has 0 radical (unpaired) electrons. The van der Waals surface area contributed by atoms with E-state index in [-0.39, 0.29) is 28.4 Å². The number of aromatic amines is 1. The molecule has 0 saturated carbocycles. The Kier molecular flexibility index (Phi) is 7.58. The van der Waals surface area contributed by atoms with Gasteiger partial charge in [0.1, 0.15) is 5.69 Å². The number of H-pyrrole nitrogens is 1. The number of esters is 2. The van der Waals surface area contributed by atoms with Crippen molar-refractivity contribution in [3.63, 3.8) is 0 Å². The molecule has 1 heterocycles. The summed E-state index contributed by atoms with van der Waals surface area (Å²) in [4.78, 5) is 39.4. The number of aromatic nitrogens is 1. The Hall–Kier alpha value is -3.18. The number of rotatable bonds is 8. The number of carbonyl (C=O) groups excluding carboxylic acids is 3. The summed E-state index contributed by atoms with van der Waals surface area (Å²) in [7, 11) is -0.858. The first kappa shape index (κ1) is 24.1. The minimum Gasteiger partial charge on any atom is -0.461 e. The van der Waals surface area contributed by atoms with Crippen LogP contribution in [0.2, 0.25) is 0 Å². The van der Waals surface area contributed by atoms with Gasteiger partial charge in [-0.1, -0.05) is 6.07 Å². The first-order valence-electron chi connectivity index (χ1n) is 9.34. The Bertz CT molecular complexity index is 1100. The van der Waals surface area contributed by atoms with Crippen LogP contribution in [0.25, 0.3) is 0 Å². The highest BCUT2D eigenvalue weighted by atomic mass is 32.2. The Morgan fingerprint density at radius 2 is 1.77 bits per heavy atom. The van der Waals surface area contributed by atoms with Crippen LogP contribution in [-0.2, 0) is 24.3 Å². The molecule has 2 rings (SSSR count). The van der Waals surface area contributed by atoms with Crippen LogP contribution >= 0.6 is 0 Å². The van der Waals surface area contributed by atoms with E-state index in [1.807, 2.05) is 0 Å². The molecule has 0 fully saturated rings. The Morgan fingerprint density at radius 1 is 1.10 bits per heavy atom. The third-order valence-corrected chi connectivity index (χ3v) is 6.16. The van der Waals surface area contributed by atoms with E-state index in [9.17, 15) is 22.8 Å². The van der Waals surface area contributed by atoms with Gasteiger partial charge in [-0.2, -0.15) is 0 Å². The first-order valence-corrected chi connectivity index (χ1v) is 10.8.